The Labute approximate surface area is 111 Å². The maximum atomic E-state index is 12.9. The summed E-state index contributed by atoms with van der Waals surface area (Å²) in [4.78, 5) is 16.0. The first-order chi connectivity index (χ1) is 9.24. The Balaban J connectivity index is 1.60. The van der Waals surface area contributed by atoms with E-state index in [1.54, 1.807) is 12.1 Å². The first-order valence-electron chi connectivity index (χ1n) is 6.65. The summed E-state index contributed by atoms with van der Waals surface area (Å²) in [5, 5.41) is 0. The summed E-state index contributed by atoms with van der Waals surface area (Å²) in [6.07, 6.45) is 0.801. The largest absolute Gasteiger partial charge is 0.464 e. The number of rotatable bonds is 2. The van der Waals surface area contributed by atoms with E-state index in [4.69, 9.17) is 4.74 Å². The molecule has 0 N–H and O–H groups in total. The van der Waals surface area contributed by atoms with Crippen molar-refractivity contribution in [3.63, 3.8) is 0 Å². The molecule has 0 aliphatic carbocycles. The van der Waals surface area contributed by atoms with E-state index >= 15 is 0 Å². The molecular formula is C14H17FN2O2. The SMILES string of the molecule is O=C1OCCC1N1CCN(c2ccc(F)cc2)CC1. The lowest BCUT2D eigenvalue weighted by Crippen LogP contribution is -2.51. The first kappa shape index (κ1) is 12.4. The van der Waals surface area contributed by atoms with E-state index in [1.165, 1.54) is 12.1 Å². The molecule has 2 aliphatic heterocycles. The smallest absolute Gasteiger partial charge is 0.323 e. The fourth-order valence-corrected chi connectivity index (χ4v) is 2.76. The highest BCUT2D eigenvalue weighted by molar-refractivity contribution is 5.77. The van der Waals surface area contributed by atoms with Crippen LogP contribution in [0.25, 0.3) is 0 Å². The van der Waals surface area contributed by atoms with Crippen molar-refractivity contribution in [2.45, 2.75) is 12.5 Å². The van der Waals surface area contributed by atoms with Gasteiger partial charge in [0.15, 0.2) is 0 Å². The number of benzene rings is 1. The molecule has 1 aromatic rings. The summed E-state index contributed by atoms with van der Waals surface area (Å²) in [7, 11) is 0. The highest BCUT2D eigenvalue weighted by atomic mass is 19.1. The van der Waals surface area contributed by atoms with Crippen LogP contribution in [0.1, 0.15) is 6.42 Å². The number of ether oxygens (including phenoxy) is 1. The van der Waals surface area contributed by atoms with Gasteiger partial charge in [0.2, 0.25) is 0 Å². The quantitative estimate of drug-likeness (QED) is 0.753. The van der Waals surface area contributed by atoms with Crippen LogP contribution >= 0.6 is 0 Å². The summed E-state index contributed by atoms with van der Waals surface area (Å²) in [6, 6.07) is 6.51. The Bertz CT molecular complexity index is 455. The zero-order valence-corrected chi connectivity index (χ0v) is 10.7. The van der Waals surface area contributed by atoms with Crippen molar-refractivity contribution in [3.8, 4) is 0 Å². The highest BCUT2D eigenvalue weighted by Crippen LogP contribution is 2.20. The molecule has 1 aromatic carbocycles. The summed E-state index contributed by atoms with van der Waals surface area (Å²) < 4.78 is 17.9. The Morgan fingerprint density at radius 2 is 1.79 bits per heavy atom. The molecule has 0 spiro atoms. The van der Waals surface area contributed by atoms with Crippen molar-refractivity contribution < 1.29 is 13.9 Å². The summed E-state index contributed by atoms with van der Waals surface area (Å²) >= 11 is 0. The van der Waals surface area contributed by atoms with Gasteiger partial charge in [-0.05, 0) is 24.3 Å². The molecule has 3 rings (SSSR count). The van der Waals surface area contributed by atoms with Gasteiger partial charge in [-0.3, -0.25) is 9.69 Å². The molecule has 0 radical (unpaired) electrons. The van der Waals surface area contributed by atoms with E-state index in [0.717, 1.165) is 38.3 Å². The maximum absolute atomic E-state index is 12.9. The van der Waals surface area contributed by atoms with Crippen molar-refractivity contribution in [1.29, 1.82) is 0 Å². The molecule has 0 aromatic heterocycles. The first-order valence-corrected chi connectivity index (χ1v) is 6.65. The van der Waals surface area contributed by atoms with Gasteiger partial charge in [0.1, 0.15) is 11.9 Å². The van der Waals surface area contributed by atoms with E-state index in [1.807, 2.05) is 0 Å². The number of carbonyl (C=O) groups is 1. The van der Waals surface area contributed by atoms with Crippen LogP contribution in [0.5, 0.6) is 0 Å². The van der Waals surface area contributed by atoms with E-state index in [9.17, 15) is 9.18 Å². The van der Waals surface area contributed by atoms with Crippen molar-refractivity contribution >= 4 is 11.7 Å². The number of carbonyl (C=O) groups excluding carboxylic acids is 1. The molecule has 2 heterocycles. The molecule has 0 bridgehead atoms. The number of nitrogens with zero attached hydrogens (tertiary/aromatic N) is 2. The van der Waals surface area contributed by atoms with Crippen LogP contribution in [0.2, 0.25) is 0 Å². The molecule has 2 fully saturated rings. The van der Waals surface area contributed by atoms with Crippen LogP contribution in [0.4, 0.5) is 10.1 Å². The highest BCUT2D eigenvalue weighted by Gasteiger charge is 2.33. The molecule has 2 aliphatic rings. The lowest BCUT2D eigenvalue weighted by Gasteiger charge is -2.37. The minimum atomic E-state index is -0.212. The maximum Gasteiger partial charge on any atom is 0.323 e. The molecule has 0 saturated carbocycles. The lowest BCUT2D eigenvalue weighted by atomic mass is 10.1. The van der Waals surface area contributed by atoms with Gasteiger partial charge >= 0.3 is 5.97 Å². The van der Waals surface area contributed by atoms with Gasteiger partial charge < -0.3 is 9.64 Å². The normalized spacial score (nSPS) is 24.6. The zero-order valence-electron chi connectivity index (χ0n) is 10.7. The fourth-order valence-electron chi connectivity index (χ4n) is 2.76. The van der Waals surface area contributed by atoms with E-state index in [2.05, 4.69) is 9.80 Å². The van der Waals surface area contributed by atoms with Gasteiger partial charge in [-0.15, -0.1) is 0 Å². The number of hydrogen-bond donors (Lipinski definition) is 0. The van der Waals surface area contributed by atoms with Crippen molar-refractivity contribution in [2.75, 3.05) is 37.7 Å². The van der Waals surface area contributed by atoms with Gasteiger partial charge in [0.25, 0.3) is 0 Å². The number of esters is 1. The van der Waals surface area contributed by atoms with E-state index in [-0.39, 0.29) is 17.8 Å². The Morgan fingerprint density at radius 1 is 1.11 bits per heavy atom. The lowest BCUT2D eigenvalue weighted by molar-refractivity contribution is -0.142. The molecular weight excluding hydrogens is 247 g/mol. The second kappa shape index (κ2) is 5.17. The minimum absolute atomic E-state index is 0.0598. The molecule has 102 valence electrons. The topological polar surface area (TPSA) is 32.8 Å². The summed E-state index contributed by atoms with van der Waals surface area (Å²) in [5.74, 6) is -0.300. The van der Waals surface area contributed by atoms with Crippen LogP contribution in [-0.2, 0) is 9.53 Å². The molecule has 5 heteroatoms. The van der Waals surface area contributed by atoms with Crippen molar-refractivity contribution in [2.24, 2.45) is 0 Å². The van der Waals surface area contributed by atoms with Crippen LogP contribution in [0.3, 0.4) is 0 Å². The van der Waals surface area contributed by atoms with Gasteiger partial charge in [0, 0.05) is 38.3 Å². The monoisotopic (exact) mass is 264 g/mol. The van der Waals surface area contributed by atoms with Crippen LogP contribution in [-0.4, -0.2) is 49.7 Å². The zero-order chi connectivity index (χ0) is 13.2. The van der Waals surface area contributed by atoms with Crippen molar-refractivity contribution in [1.82, 2.24) is 4.90 Å². The molecule has 0 amide bonds. The Morgan fingerprint density at radius 3 is 2.37 bits per heavy atom. The third kappa shape index (κ3) is 2.56. The predicted molar refractivity (Wildman–Crippen MR) is 69.6 cm³/mol. The van der Waals surface area contributed by atoms with E-state index < -0.39 is 0 Å². The van der Waals surface area contributed by atoms with Crippen LogP contribution in [0.15, 0.2) is 24.3 Å². The van der Waals surface area contributed by atoms with Gasteiger partial charge in [-0.25, -0.2) is 4.39 Å². The molecule has 2 saturated heterocycles. The Hall–Kier alpha value is -1.62. The van der Waals surface area contributed by atoms with Crippen molar-refractivity contribution in [3.05, 3.63) is 30.1 Å². The molecule has 1 unspecified atom stereocenters. The third-order valence-corrected chi connectivity index (χ3v) is 3.85. The number of halogens is 1. The molecule has 4 nitrogen and oxygen atoms in total. The minimum Gasteiger partial charge on any atom is -0.464 e. The average molecular weight is 264 g/mol. The number of cyclic esters (lactones) is 1. The number of piperazine rings is 1. The molecule has 1 atom stereocenters. The van der Waals surface area contributed by atoms with E-state index in [0.29, 0.717) is 6.61 Å². The molecule has 19 heavy (non-hydrogen) atoms. The second-order valence-electron chi connectivity index (χ2n) is 4.97. The third-order valence-electron chi connectivity index (χ3n) is 3.85. The second-order valence-corrected chi connectivity index (χ2v) is 4.97. The van der Waals surface area contributed by atoms with Gasteiger partial charge in [-0.1, -0.05) is 0 Å². The van der Waals surface area contributed by atoms with Crippen LogP contribution < -0.4 is 4.90 Å². The summed E-state index contributed by atoms with van der Waals surface area (Å²) in [5.41, 5.74) is 1.04. The van der Waals surface area contributed by atoms with Gasteiger partial charge in [0.05, 0.1) is 6.61 Å². The summed E-state index contributed by atoms with van der Waals surface area (Å²) in [6.45, 7) is 3.95. The Kier molecular flexibility index (Phi) is 3.38. The van der Waals surface area contributed by atoms with Crippen LogP contribution in [0, 0.1) is 5.82 Å². The van der Waals surface area contributed by atoms with Gasteiger partial charge in [-0.2, -0.15) is 0 Å². The fraction of sp³-hybridized carbons (Fsp3) is 0.500. The average Bonchev–Trinajstić information content (AvgIpc) is 2.86. The number of hydrogen-bond acceptors (Lipinski definition) is 4. The standard InChI is InChI=1S/C14H17FN2O2/c15-11-1-3-12(4-2-11)16-6-8-17(9-7-16)13-5-10-19-14(13)18/h1-4,13H,5-10H2. The number of anilines is 1. The predicted octanol–water partition coefficient (Wildman–Crippen LogP) is 1.26.